The summed E-state index contributed by atoms with van der Waals surface area (Å²) in [4.78, 5) is 40.5. The molecule has 3 heterocycles. The zero-order valence-corrected chi connectivity index (χ0v) is 28.3. The number of carbonyl (C=O) groups is 3. The molecule has 1 aromatic carbocycles. The quantitative estimate of drug-likeness (QED) is 0.367. The van der Waals surface area contributed by atoms with Gasteiger partial charge in [-0.3, -0.25) is 14.4 Å². The summed E-state index contributed by atoms with van der Waals surface area (Å²) in [5, 5.41) is 0. The predicted molar refractivity (Wildman–Crippen MR) is 175 cm³/mol. The average molecular weight is 604 g/mol. The molecule has 0 atom stereocenters. The van der Waals surface area contributed by atoms with E-state index in [1.54, 1.807) is 7.11 Å². The standard InChI is InChI=1S/C10H12O.C9H17NO.C8H15NO2.C8H17NO/c1-8(2)10(11)9-6-4-3-5-7-9;1-8(2)9(11)10-6-4-3-5-7-10;1-7(2)8(10)9-3-5-11-6-4-9;1-10-8-7-9-5-3-2-4-6-9/h3-8H,1-2H3;8H,3-7H2,1-2H3;7H,3-6H2,1-2H3;2-8H2,1H3. The summed E-state index contributed by atoms with van der Waals surface area (Å²) in [5.41, 5.74) is 0.808. The highest BCUT2D eigenvalue weighted by atomic mass is 16.5. The van der Waals surface area contributed by atoms with Gasteiger partial charge in [0, 0.05) is 63.2 Å². The van der Waals surface area contributed by atoms with Gasteiger partial charge in [0.2, 0.25) is 11.8 Å². The largest absolute Gasteiger partial charge is 0.383 e. The molecule has 3 fully saturated rings. The van der Waals surface area contributed by atoms with Crippen LogP contribution in [0.25, 0.3) is 0 Å². The Labute approximate surface area is 262 Å². The van der Waals surface area contributed by atoms with Gasteiger partial charge in [0.25, 0.3) is 0 Å². The molecule has 43 heavy (non-hydrogen) atoms. The summed E-state index contributed by atoms with van der Waals surface area (Å²) in [6.45, 7) is 21.1. The van der Waals surface area contributed by atoms with Crippen LogP contribution in [0.15, 0.2) is 30.3 Å². The van der Waals surface area contributed by atoms with Gasteiger partial charge < -0.3 is 24.2 Å². The highest BCUT2D eigenvalue weighted by Crippen LogP contribution is 2.12. The Morgan fingerprint density at radius 1 is 0.674 bits per heavy atom. The van der Waals surface area contributed by atoms with Crippen LogP contribution in [0.1, 0.15) is 90.4 Å². The number of amides is 2. The van der Waals surface area contributed by atoms with Crippen molar-refractivity contribution in [3.05, 3.63) is 35.9 Å². The number of nitrogens with zero attached hydrogens (tertiary/aromatic N) is 3. The lowest BCUT2D eigenvalue weighted by Crippen LogP contribution is -2.42. The minimum Gasteiger partial charge on any atom is -0.383 e. The molecule has 8 heteroatoms. The minimum atomic E-state index is 0.0948. The molecule has 2 amide bonds. The molecule has 3 aliphatic heterocycles. The summed E-state index contributed by atoms with van der Waals surface area (Å²) in [5.74, 6) is 1.17. The van der Waals surface area contributed by atoms with Crippen LogP contribution in [0.5, 0.6) is 0 Å². The molecule has 0 spiro atoms. The third-order valence-corrected chi connectivity index (χ3v) is 7.62. The van der Waals surface area contributed by atoms with Crippen molar-refractivity contribution in [3.63, 3.8) is 0 Å². The van der Waals surface area contributed by atoms with Gasteiger partial charge in [-0.2, -0.15) is 0 Å². The summed E-state index contributed by atoms with van der Waals surface area (Å²) >= 11 is 0. The maximum Gasteiger partial charge on any atom is 0.225 e. The number of Topliss-reactive ketones (excluding diaryl/α,β-unsaturated/α-hetero) is 1. The molecule has 4 rings (SSSR count). The van der Waals surface area contributed by atoms with E-state index in [2.05, 4.69) is 4.90 Å². The number of benzene rings is 1. The number of methoxy groups -OCH3 is 1. The second-order valence-electron chi connectivity index (χ2n) is 12.4. The van der Waals surface area contributed by atoms with Gasteiger partial charge in [0.15, 0.2) is 5.78 Å². The molecule has 0 bridgehead atoms. The number of ketones is 1. The number of rotatable bonds is 7. The summed E-state index contributed by atoms with van der Waals surface area (Å²) in [6, 6.07) is 9.38. The van der Waals surface area contributed by atoms with Crippen molar-refractivity contribution in [2.24, 2.45) is 17.8 Å². The molecule has 0 aliphatic carbocycles. The van der Waals surface area contributed by atoms with Crippen LogP contribution in [0, 0.1) is 17.8 Å². The predicted octanol–water partition coefficient (Wildman–Crippen LogP) is 5.80. The van der Waals surface area contributed by atoms with Crippen molar-refractivity contribution in [1.82, 2.24) is 14.7 Å². The van der Waals surface area contributed by atoms with Crippen molar-refractivity contribution in [2.45, 2.75) is 80.1 Å². The van der Waals surface area contributed by atoms with Gasteiger partial charge in [0.1, 0.15) is 0 Å². The van der Waals surface area contributed by atoms with Crippen molar-refractivity contribution in [3.8, 4) is 0 Å². The lowest BCUT2D eigenvalue weighted by atomic mass is 10.0. The average Bonchev–Trinajstić information content (AvgIpc) is 3.05. The summed E-state index contributed by atoms with van der Waals surface area (Å²) in [6.07, 6.45) is 7.86. The van der Waals surface area contributed by atoms with Crippen LogP contribution in [-0.2, 0) is 19.1 Å². The molecular weight excluding hydrogens is 542 g/mol. The SMILES string of the molecule is CC(C)C(=O)N1CCCCC1.CC(C)C(=O)N1CCOCC1.CC(C)C(=O)c1ccccc1.COCCN1CCCCC1. The lowest BCUT2D eigenvalue weighted by molar-refractivity contribution is -0.138. The Kier molecular flexibility index (Phi) is 20.8. The number of ether oxygens (including phenoxy) is 2. The van der Waals surface area contributed by atoms with Gasteiger partial charge in [0.05, 0.1) is 19.8 Å². The maximum absolute atomic E-state index is 11.4. The third-order valence-electron chi connectivity index (χ3n) is 7.62. The summed E-state index contributed by atoms with van der Waals surface area (Å²) in [7, 11) is 1.77. The molecule has 0 saturated carbocycles. The second kappa shape index (κ2) is 23.1. The minimum absolute atomic E-state index is 0.0948. The van der Waals surface area contributed by atoms with E-state index in [1.807, 2.05) is 81.7 Å². The Balaban J connectivity index is 0.000000287. The molecule has 3 saturated heterocycles. The first-order valence-electron chi connectivity index (χ1n) is 16.5. The lowest BCUT2D eigenvalue weighted by Gasteiger charge is -2.28. The first-order chi connectivity index (χ1) is 20.6. The van der Waals surface area contributed by atoms with Crippen LogP contribution < -0.4 is 0 Å². The molecular formula is C35H61N3O5. The molecule has 0 unspecified atom stereocenters. The van der Waals surface area contributed by atoms with Crippen LogP contribution in [0.4, 0.5) is 0 Å². The molecule has 0 aromatic heterocycles. The number of piperidine rings is 2. The van der Waals surface area contributed by atoms with E-state index >= 15 is 0 Å². The monoisotopic (exact) mass is 603 g/mol. The van der Waals surface area contributed by atoms with Gasteiger partial charge >= 0.3 is 0 Å². The topological polar surface area (TPSA) is 79.4 Å². The van der Waals surface area contributed by atoms with E-state index in [1.165, 1.54) is 51.6 Å². The number of hydrogen-bond donors (Lipinski definition) is 0. The van der Waals surface area contributed by atoms with E-state index in [9.17, 15) is 14.4 Å². The molecule has 0 N–H and O–H groups in total. The highest BCUT2D eigenvalue weighted by molar-refractivity contribution is 5.97. The second-order valence-corrected chi connectivity index (χ2v) is 12.4. The van der Waals surface area contributed by atoms with Crippen molar-refractivity contribution >= 4 is 17.6 Å². The summed E-state index contributed by atoms with van der Waals surface area (Å²) < 4.78 is 10.1. The van der Waals surface area contributed by atoms with Crippen LogP contribution in [-0.4, -0.2) is 105 Å². The number of hydrogen-bond acceptors (Lipinski definition) is 6. The van der Waals surface area contributed by atoms with E-state index < -0.39 is 0 Å². The van der Waals surface area contributed by atoms with Gasteiger partial charge in [-0.25, -0.2) is 0 Å². The van der Waals surface area contributed by atoms with Crippen LogP contribution in [0.3, 0.4) is 0 Å². The normalized spacial score (nSPS) is 17.3. The molecule has 1 aromatic rings. The Morgan fingerprint density at radius 2 is 1.14 bits per heavy atom. The van der Waals surface area contributed by atoms with E-state index in [-0.39, 0.29) is 29.4 Å². The van der Waals surface area contributed by atoms with Crippen molar-refractivity contribution < 1.29 is 23.9 Å². The van der Waals surface area contributed by atoms with E-state index in [0.717, 1.165) is 44.9 Å². The van der Waals surface area contributed by atoms with Crippen molar-refractivity contribution in [1.29, 1.82) is 0 Å². The van der Waals surface area contributed by atoms with Gasteiger partial charge in [-0.1, -0.05) is 78.3 Å². The molecule has 3 aliphatic rings. The zero-order chi connectivity index (χ0) is 32.0. The molecule has 246 valence electrons. The maximum atomic E-state index is 11.4. The van der Waals surface area contributed by atoms with E-state index in [4.69, 9.17) is 9.47 Å². The van der Waals surface area contributed by atoms with E-state index in [0.29, 0.717) is 19.1 Å². The molecule has 0 radical (unpaired) electrons. The number of morpholine rings is 1. The smallest absolute Gasteiger partial charge is 0.225 e. The zero-order valence-electron chi connectivity index (χ0n) is 28.3. The molecule has 8 nitrogen and oxygen atoms in total. The Morgan fingerprint density at radius 3 is 1.58 bits per heavy atom. The van der Waals surface area contributed by atoms with Gasteiger partial charge in [-0.15, -0.1) is 0 Å². The van der Waals surface area contributed by atoms with Crippen LogP contribution in [0.2, 0.25) is 0 Å². The third kappa shape index (κ3) is 17.0. The first kappa shape index (κ1) is 38.7. The fourth-order valence-corrected chi connectivity index (χ4v) is 4.97. The van der Waals surface area contributed by atoms with Crippen LogP contribution >= 0.6 is 0 Å². The van der Waals surface area contributed by atoms with Crippen molar-refractivity contribution in [2.75, 3.05) is 72.7 Å². The highest BCUT2D eigenvalue weighted by Gasteiger charge is 2.19. The Hall–Kier alpha value is -2.29. The first-order valence-corrected chi connectivity index (χ1v) is 16.5. The number of carbonyl (C=O) groups excluding carboxylic acids is 3. The fraction of sp³-hybridized carbons (Fsp3) is 0.743. The Bertz CT molecular complexity index is 839. The number of likely N-dealkylation sites (tertiary alicyclic amines) is 2. The van der Waals surface area contributed by atoms with Gasteiger partial charge in [-0.05, 0) is 45.2 Å². The fourth-order valence-electron chi connectivity index (χ4n) is 4.97.